The molecule has 0 aliphatic carbocycles. The molecule has 1 aliphatic heterocycles. The molecule has 0 unspecified atom stereocenters. The van der Waals surface area contributed by atoms with E-state index in [1.165, 1.54) is 23.5 Å². The molecule has 0 saturated carbocycles. The van der Waals surface area contributed by atoms with E-state index in [0.717, 1.165) is 16.3 Å². The molecule has 4 rings (SSSR count). The highest BCUT2D eigenvalue weighted by Crippen LogP contribution is 2.26. The van der Waals surface area contributed by atoms with Gasteiger partial charge < -0.3 is 9.80 Å². The number of nitro groups is 1. The van der Waals surface area contributed by atoms with Gasteiger partial charge in [-0.2, -0.15) is 0 Å². The third-order valence-electron chi connectivity index (χ3n) is 4.81. The predicted molar refractivity (Wildman–Crippen MR) is 114 cm³/mol. The number of nitro benzene ring substituents is 1. The van der Waals surface area contributed by atoms with Crippen LogP contribution in [0, 0.1) is 10.1 Å². The zero-order chi connectivity index (χ0) is 20.4. The van der Waals surface area contributed by atoms with Crippen LogP contribution in [-0.4, -0.2) is 46.9 Å². The molecule has 0 radical (unpaired) electrons. The number of halogens is 1. The van der Waals surface area contributed by atoms with Crippen molar-refractivity contribution in [2.45, 2.75) is 0 Å². The molecule has 1 saturated heterocycles. The van der Waals surface area contributed by atoms with Gasteiger partial charge in [-0.1, -0.05) is 23.7 Å². The van der Waals surface area contributed by atoms with E-state index < -0.39 is 4.92 Å². The molecule has 1 amide bonds. The molecule has 7 nitrogen and oxygen atoms in total. The Morgan fingerprint density at radius 3 is 2.31 bits per heavy atom. The molecular weight excluding hydrogens is 412 g/mol. The second-order valence-electron chi connectivity index (χ2n) is 6.60. The fraction of sp³-hybridized carbons (Fsp3) is 0.200. The summed E-state index contributed by atoms with van der Waals surface area (Å²) >= 11 is 7.36. The summed E-state index contributed by atoms with van der Waals surface area (Å²) in [5.74, 6) is -0.0789. The number of piperazine rings is 1. The highest BCUT2D eigenvalue weighted by molar-refractivity contribution is 7.13. The molecule has 1 aliphatic rings. The number of benzene rings is 2. The Morgan fingerprint density at radius 1 is 1.03 bits per heavy atom. The topological polar surface area (TPSA) is 79.6 Å². The van der Waals surface area contributed by atoms with Gasteiger partial charge in [-0.25, -0.2) is 4.98 Å². The van der Waals surface area contributed by atoms with E-state index in [2.05, 4.69) is 9.88 Å². The molecule has 0 bridgehead atoms. The van der Waals surface area contributed by atoms with Gasteiger partial charge in [-0.05, 0) is 24.3 Å². The smallest absolute Gasteiger partial charge is 0.273 e. The summed E-state index contributed by atoms with van der Waals surface area (Å²) < 4.78 is 0. The van der Waals surface area contributed by atoms with Gasteiger partial charge in [-0.15, -0.1) is 11.3 Å². The van der Waals surface area contributed by atoms with E-state index >= 15 is 0 Å². The van der Waals surface area contributed by atoms with Crippen molar-refractivity contribution in [1.82, 2.24) is 9.88 Å². The van der Waals surface area contributed by atoms with Crippen molar-refractivity contribution in [3.05, 3.63) is 74.7 Å². The lowest BCUT2D eigenvalue weighted by Gasteiger charge is -2.35. The van der Waals surface area contributed by atoms with E-state index in [1.807, 2.05) is 12.1 Å². The Labute approximate surface area is 176 Å². The number of aromatic nitrogens is 1. The minimum absolute atomic E-state index is 0.0718. The highest BCUT2D eigenvalue weighted by atomic mass is 35.5. The van der Waals surface area contributed by atoms with Crippen molar-refractivity contribution >= 4 is 40.2 Å². The first-order valence-electron chi connectivity index (χ1n) is 9.01. The van der Waals surface area contributed by atoms with Crippen LogP contribution >= 0.6 is 22.9 Å². The van der Waals surface area contributed by atoms with E-state index in [1.54, 1.807) is 34.5 Å². The third kappa shape index (κ3) is 4.23. The van der Waals surface area contributed by atoms with Crippen LogP contribution < -0.4 is 4.90 Å². The minimum atomic E-state index is -0.410. The van der Waals surface area contributed by atoms with E-state index in [0.29, 0.717) is 36.9 Å². The molecule has 148 valence electrons. The molecular formula is C20H17ClN4O3S. The molecule has 1 fully saturated rings. The number of anilines is 1. The number of hydrogen-bond acceptors (Lipinski definition) is 6. The summed E-state index contributed by atoms with van der Waals surface area (Å²) in [5, 5.41) is 14.0. The standard InChI is InChI=1S/C20H17ClN4O3S/c21-15-3-1-14(2-4-15)19-22-18(13-29-19)20(26)24-11-9-23(10-12-24)16-5-7-17(8-6-16)25(27)28/h1-8,13H,9-12H2. The van der Waals surface area contributed by atoms with E-state index in [9.17, 15) is 14.9 Å². The average Bonchev–Trinajstić information content (AvgIpc) is 3.24. The van der Waals surface area contributed by atoms with Gasteiger partial charge in [0.15, 0.2) is 0 Å². The van der Waals surface area contributed by atoms with Gasteiger partial charge in [0, 0.05) is 60.0 Å². The van der Waals surface area contributed by atoms with Gasteiger partial charge in [0.25, 0.3) is 11.6 Å². The van der Waals surface area contributed by atoms with Gasteiger partial charge in [0.2, 0.25) is 0 Å². The van der Waals surface area contributed by atoms with Crippen LogP contribution in [0.2, 0.25) is 5.02 Å². The molecule has 1 aromatic heterocycles. The van der Waals surface area contributed by atoms with Gasteiger partial charge >= 0.3 is 0 Å². The SMILES string of the molecule is O=C(c1csc(-c2ccc(Cl)cc2)n1)N1CCN(c2ccc([N+](=O)[O-])cc2)CC1. The predicted octanol–water partition coefficient (Wildman–Crippen LogP) is 4.33. The number of carbonyl (C=O) groups excluding carboxylic acids is 1. The fourth-order valence-electron chi connectivity index (χ4n) is 3.21. The van der Waals surface area contributed by atoms with E-state index in [4.69, 9.17) is 11.6 Å². The Kier molecular flexibility index (Phi) is 5.46. The van der Waals surface area contributed by atoms with Gasteiger partial charge in [0.1, 0.15) is 10.7 Å². The maximum atomic E-state index is 12.8. The fourth-order valence-corrected chi connectivity index (χ4v) is 4.14. The lowest BCUT2D eigenvalue weighted by Crippen LogP contribution is -2.48. The summed E-state index contributed by atoms with van der Waals surface area (Å²) in [7, 11) is 0. The summed E-state index contributed by atoms with van der Waals surface area (Å²) in [5.41, 5.74) is 2.37. The van der Waals surface area contributed by atoms with Crippen LogP contribution in [0.4, 0.5) is 11.4 Å². The van der Waals surface area contributed by atoms with Crippen molar-refractivity contribution in [1.29, 1.82) is 0 Å². The molecule has 0 atom stereocenters. The molecule has 3 aromatic rings. The number of rotatable bonds is 4. The maximum absolute atomic E-state index is 12.8. The molecule has 0 N–H and O–H groups in total. The molecule has 29 heavy (non-hydrogen) atoms. The second kappa shape index (κ2) is 8.18. The maximum Gasteiger partial charge on any atom is 0.273 e. The second-order valence-corrected chi connectivity index (χ2v) is 7.89. The summed E-state index contributed by atoms with van der Waals surface area (Å²) in [6.07, 6.45) is 0. The van der Waals surface area contributed by atoms with Gasteiger partial charge in [-0.3, -0.25) is 14.9 Å². The molecule has 2 aromatic carbocycles. The highest BCUT2D eigenvalue weighted by Gasteiger charge is 2.24. The normalized spacial score (nSPS) is 14.1. The Bertz CT molecular complexity index is 1030. The van der Waals surface area contributed by atoms with Crippen molar-refractivity contribution in [3.63, 3.8) is 0 Å². The quantitative estimate of drug-likeness (QED) is 0.456. The summed E-state index contributed by atoms with van der Waals surface area (Å²) in [4.78, 5) is 31.6. The summed E-state index contributed by atoms with van der Waals surface area (Å²) in [6.45, 7) is 2.47. The number of nitrogens with zero attached hydrogens (tertiary/aromatic N) is 4. The van der Waals surface area contributed by atoms with Crippen LogP contribution in [-0.2, 0) is 0 Å². The number of non-ortho nitro benzene ring substituents is 1. The zero-order valence-electron chi connectivity index (χ0n) is 15.3. The van der Waals surface area contributed by atoms with Crippen molar-refractivity contribution < 1.29 is 9.72 Å². The zero-order valence-corrected chi connectivity index (χ0v) is 16.9. The summed E-state index contributed by atoms with van der Waals surface area (Å²) in [6, 6.07) is 13.9. The average molecular weight is 429 g/mol. The lowest BCUT2D eigenvalue weighted by molar-refractivity contribution is -0.384. The monoisotopic (exact) mass is 428 g/mol. The van der Waals surface area contributed by atoms with Crippen molar-refractivity contribution in [2.75, 3.05) is 31.1 Å². The first kappa shape index (κ1) is 19.4. The molecule has 0 spiro atoms. The number of thiazole rings is 1. The van der Waals surface area contributed by atoms with Gasteiger partial charge in [0.05, 0.1) is 4.92 Å². The van der Waals surface area contributed by atoms with Crippen LogP contribution in [0.25, 0.3) is 10.6 Å². The first-order chi connectivity index (χ1) is 14.0. The molecule has 9 heteroatoms. The Hall–Kier alpha value is -2.97. The van der Waals surface area contributed by atoms with Crippen molar-refractivity contribution in [2.24, 2.45) is 0 Å². The number of hydrogen-bond donors (Lipinski definition) is 0. The van der Waals surface area contributed by atoms with Crippen LogP contribution in [0.3, 0.4) is 0 Å². The minimum Gasteiger partial charge on any atom is -0.368 e. The van der Waals surface area contributed by atoms with Crippen LogP contribution in [0.15, 0.2) is 53.9 Å². The van der Waals surface area contributed by atoms with Crippen LogP contribution in [0.1, 0.15) is 10.5 Å². The van der Waals surface area contributed by atoms with Crippen molar-refractivity contribution in [3.8, 4) is 10.6 Å². The lowest BCUT2D eigenvalue weighted by atomic mass is 10.2. The largest absolute Gasteiger partial charge is 0.368 e. The Morgan fingerprint density at radius 2 is 1.69 bits per heavy atom. The Balaban J connectivity index is 1.39. The number of carbonyl (C=O) groups is 1. The number of amides is 1. The third-order valence-corrected chi connectivity index (χ3v) is 5.95. The van der Waals surface area contributed by atoms with E-state index in [-0.39, 0.29) is 11.6 Å². The first-order valence-corrected chi connectivity index (χ1v) is 10.3. The molecule has 2 heterocycles. The van der Waals surface area contributed by atoms with Crippen LogP contribution in [0.5, 0.6) is 0 Å².